The summed E-state index contributed by atoms with van der Waals surface area (Å²) in [6.45, 7) is 6.64. The summed E-state index contributed by atoms with van der Waals surface area (Å²) in [5.74, 6) is 0.557. The highest BCUT2D eigenvalue weighted by Gasteiger charge is 2.12. The highest BCUT2D eigenvalue weighted by atomic mass is 14.6. The molecule has 0 saturated heterocycles. The predicted molar refractivity (Wildman–Crippen MR) is 71.4 cm³/mol. The molecule has 0 heterocycles. The summed E-state index contributed by atoms with van der Waals surface area (Å²) >= 11 is 0. The summed E-state index contributed by atoms with van der Waals surface area (Å²) in [4.78, 5) is 0. The Morgan fingerprint density at radius 2 is 1.75 bits per heavy atom. The molecular formula is C15H25N. The minimum absolute atomic E-state index is 0.185. The van der Waals surface area contributed by atoms with Crippen LogP contribution in [0.1, 0.15) is 57.2 Å². The molecule has 1 aromatic rings. The van der Waals surface area contributed by atoms with Gasteiger partial charge in [0.05, 0.1) is 0 Å². The van der Waals surface area contributed by atoms with E-state index >= 15 is 0 Å². The van der Waals surface area contributed by atoms with E-state index in [1.807, 2.05) is 0 Å². The van der Waals surface area contributed by atoms with Crippen LogP contribution in [0.4, 0.5) is 0 Å². The van der Waals surface area contributed by atoms with Gasteiger partial charge in [0.25, 0.3) is 0 Å². The fourth-order valence-electron chi connectivity index (χ4n) is 1.87. The number of unbranched alkanes of at least 4 members (excludes halogenated alkanes) is 1. The first-order chi connectivity index (χ1) is 7.69. The van der Waals surface area contributed by atoms with Crippen molar-refractivity contribution in [2.75, 3.05) is 0 Å². The highest BCUT2D eigenvalue weighted by molar-refractivity contribution is 5.25. The summed E-state index contributed by atoms with van der Waals surface area (Å²) in [6.07, 6.45) is 4.86. The van der Waals surface area contributed by atoms with Crippen LogP contribution in [0.5, 0.6) is 0 Å². The molecule has 1 rings (SSSR count). The maximum absolute atomic E-state index is 6.20. The van der Waals surface area contributed by atoms with E-state index in [-0.39, 0.29) is 6.04 Å². The van der Waals surface area contributed by atoms with E-state index in [0.29, 0.717) is 5.92 Å². The Balaban J connectivity index is 2.63. The molecule has 0 saturated carbocycles. The molecule has 0 radical (unpaired) electrons. The van der Waals surface area contributed by atoms with Gasteiger partial charge in [-0.15, -0.1) is 0 Å². The number of nitrogens with two attached hydrogens (primary N) is 1. The fraction of sp³-hybridized carbons (Fsp3) is 0.600. The third-order valence-corrected chi connectivity index (χ3v) is 3.44. The smallest absolute Gasteiger partial charge is 0.0320 e. The predicted octanol–water partition coefficient (Wildman–Crippen LogP) is 4.08. The molecule has 0 amide bonds. The maximum atomic E-state index is 6.20. The lowest BCUT2D eigenvalue weighted by molar-refractivity contribution is 0.457. The molecule has 0 spiro atoms. The van der Waals surface area contributed by atoms with Gasteiger partial charge in [-0.05, 0) is 29.9 Å². The van der Waals surface area contributed by atoms with E-state index in [9.17, 15) is 0 Å². The Morgan fingerprint density at radius 1 is 1.12 bits per heavy atom. The van der Waals surface area contributed by atoms with E-state index in [4.69, 9.17) is 5.73 Å². The molecule has 1 heteroatoms. The Bertz CT molecular complexity index is 289. The topological polar surface area (TPSA) is 26.0 Å². The fourth-order valence-corrected chi connectivity index (χ4v) is 1.87. The van der Waals surface area contributed by atoms with Gasteiger partial charge in [0.1, 0.15) is 0 Å². The van der Waals surface area contributed by atoms with Gasteiger partial charge >= 0.3 is 0 Å². The highest BCUT2D eigenvalue weighted by Crippen LogP contribution is 2.22. The number of benzene rings is 1. The van der Waals surface area contributed by atoms with Crippen LogP contribution < -0.4 is 5.73 Å². The molecule has 0 aliphatic rings. The largest absolute Gasteiger partial charge is 0.324 e. The van der Waals surface area contributed by atoms with Gasteiger partial charge in [-0.3, -0.25) is 0 Å². The molecule has 1 nitrogen and oxygen atoms in total. The molecule has 0 aliphatic heterocycles. The van der Waals surface area contributed by atoms with Crippen LogP contribution >= 0.6 is 0 Å². The quantitative estimate of drug-likeness (QED) is 0.766. The molecule has 2 N–H and O–H groups in total. The standard InChI is InChI=1S/C15H25N/c1-4-6-7-13-8-10-14(11-9-13)15(16)12(3)5-2/h8-12,15H,4-7,16H2,1-3H3. The Labute approximate surface area is 100 Å². The van der Waals surface area contributed by atoms with E-state index in [2.05, 4.69) is 45.0 Å². The van der Waals surface area contributed by atoms with Crippen LogP contribution in [-0.2, 0) is 6.42 Å². The van der Waals surface area contributed by atoms with Crippen molar-refractivity contribution in [2.24, 2.45) is 11.7 Å². The number of hydrogen-bond acceptors (Lipinski definition) is 1. The van der Waals surface area contributed by atoms with Gasteiger partial charge < -0.3 is 5.73 Å². The Hall–Kier alpha value is -0.820. The van der Waals surface area contributed by atoms with E-state index < -0.39 is 0 Å². The molecule has 0 aromatic heterocycles. The van der Waals surface area contributed by atoms with Crippen LogP contribution in [0.25, 0.3) is 0 Å². The molecule has 0 aliphatic carbocycles. The molecule has 2 atom stereocenters. The van der Waals surface area contributed by atoms with Gasteiger partial charge in [0, 0.05) is 6.04 Å². The minimum Gasteiger partial charge on any atom is -0.324 e. The number of aryl methyl sites for hydroxylation is 1. The molecule has 1 aromatic carbocycles. The van der Waals surface area contributed by atoms with Crippen molar-refractivity contribution in [1.29, 1.82) is 0 Å². The van der Waals surface area contributed by atoms with Crippen molar-refractivity contribution in [1.82, 2.24) is 0 Å². The first-order valence-corrected chi connectivity index (χ1v) is 6.53. The summed E-state index contributed by atoms with van der Waals surface area (Å²) in [5.41, 5.74) is 8.90. The van der Waals surface area contributed by atoms with Crippen LogP contribution in [-0.4, -0.2) is 0 Å². The Kier molecular flexibility index (Phi) is 5.54. The average Bonchev–Trinajstić information content (AvgIpc) is 2.35. The van der Waals surface area contributed by atoms with Gasteiger partial charge in [-0.25, -0.2) is 0 Å². The molecule has 2 unspecified atom stereocenters. The van der Waals surface area contributed by atoms with Crippen LogP contribution in [0.15, 0.2) is 24.3 Å². The lowest BCUT2D eigenvalue weighted by Crippen LogP contribution is -2.18. The molecule has 0 fully saturated rings. The van der Waals surface area contributed by atoms with Crippen molar-refractivity contribution >= 4 is 0 Å². The molecular weight excluding hydrogens is 194 g/mol. The summed E-state index contributed by atoms with van der Waals surface area (Å²) in [7, 11) is 0. The minimum atomic E-state index is 0.185. The third-order valence-electron chi connectivity index (χ3n) is 3.44. The first-order valence-electron chi connectivity index (χ1n) is 6.53. The van der Waals surface area contributed by atoms with Crippen molar-refractivity contribution in [3.05, 3.63) is 35.4 Å². The maximum Gasteiger partial charge on any atom is 0.0320 e. The van der Waals surface area contributed by atoms with Gasteiger partial charge in [-0.2, -0.15) is 0 Å². The van der Waals surface area contributed by atoms with E-state index in [1.54, 1.807) is 0 Å². The summed E-state index contributed by atoms with van der Waals surface area (Å²) < 4.78 is 0. The molecule has 90 valence electrons. The van der Waals surface area contributed by atoms with Gasteiger partial charge in [-0.1, -0.05) is 57.9 Å². The second-order valence-electron chi connectivity index (χ2n) is 4.76. The zero-order chi connectivity index (χ0) is 12.0. The van der Waals surface area contributed by atoms with Crippen LogP contribution in [0.2, 0.25) is 0 Å². The monoisotopic (exact) mass is 219 g/mol. The van der Waals surface area contributed by atoms with Gasteiger partial charge in [0.2, 0.25) is 0 Å². The lowest BCUT2D eigenvalue weighted by atomic mass is 9.92. The lowest BCUT2D eigenvalue weighted by Gasteiger charge is -2.18. The SMILES string of the molecule is CCCCc1ccc(C(N)C(C)CC)cc1. The van der Waals surface area contributed by atoms with E-state index in [0.717, 1.165) is 6.42 Å². The van der Waals surface area contributed by atoms with Crippen molar-refractivity contribution in [2.45, 2.75) is 52.5 Å². The summed E-state index contributed by atoms with van der Waals surface area (Å²) in [6, 6.07) is 9.04. The number of rotatable bonds is 6. The molecule has 16 heavy (non-hydrogen) atoms. The van der Waals surface area contributed by atoms with Crippen LogP contribution in [0, 0.1) is 5.92 Å². The van der Waals surface area contributed by atoms with Crippen molar-refractivity contribution in [3.63, 3.8) is 0 Å². The Morgan fingerprint density at radius 3 is 2.25 bits per heavy atom. The average molecular weight is 219 g/mol. The second kappa shape index (κ2) is 6.70. The second-order valence-corrected chi connectivity index (χ2v) is 4.76. The molecule has 0 bridgehead atoms. The normalized spacial score (nSPS) is 14.8. The van der Waals surface area contributed by atoms with Gasteiger partial charge in [0.15, 0.2) is 0 Å². The van der Waals surface area contributed by atoms with Crippen molar-refractivity contribution < 1.29 is 0 Å². The number of hydrogen-bond donors (Lipinski definition) is 1. The van der Waals surface area contributed by atoms with Crippen molar-refractivity contribution in [3.8, 4) is 0 Å². The van der Waals surface area contributed by atoms with E-state index in [1.165, 1.54) is 30.4 Å². The third kappa shape index (κ3) is 3.64. The zero-order valence-corrected chi connectivity index (χ0v) is 10.9. The van der Waals surface area contributed by atoms with Crippen LogP contribution in [0.3, 0.4) is 0 Å². The summed E-state index contributed by atoms with van der Waals surface area (Å²) in [5, 5.41) is 0. The zero-order valence-electron chi connectivity index (χ0n) is 10.9. The first kappa shape index (κ1) is 13.2.